The van der Waals surface area contributed by atoms with E-state index in [0.29, 0.717) is 12.8 Å². The number of rotatable bonds is 68. The van der Waals surface area contributed by atoms with Crippen LogP contribution in [0.3, 0.4) is 0 Å². The Morgan fingerprint density at radius 2 is 0.426 bits per heavy atom. The summed E-state index contributed by atoms with van der Waals surface area (Å²) in [6.07, 6.45) is 131. The van der Waals surface area contributed by atoms with E-state index in [1.807, 2.05) is 0 Å². The average Bonchev–Trinajstić information content (AvgIpc) is 3.65. The lowest BCUT2D eigenvalue weighted by Gasteiger charge is -2.15. The Balaban J connectivity index is 3.57. The zero-order chi connectivity index (χ0) is 67.5. The predicted molar refractivity (Wildman–Crippen MR) is 416 cm³/mol. The Labute approximate surface area is 580 Å². The molecule has 0 rings (SSSR count). The van der Waals surface area contributed by atoms with Gasteiger partial charge in [0.2, 0.25) is 0 Å². The lowest BCUT2D eigenvalue weighted by Crippen LogP contribution is -2.28. The van der Waals surface area contributed by atoms with Gasteiger partial charge in [0.25, 0.3) is 0 Å². The van der Waals surface area contributed by atoms with Crippen LogP contribution < -0.4 is 0 Å². The molecular weight excluding hydrogens is 1150 g/mol. The average molecular weight is 1290 g/mol. The van der Waals surface area contributed by atoms with Gasteiger partial charge in [-0.3, -0.25) is 9.59 Å². The smallest absolute Gasteiger partial charge is 0.306 e. The quantitative estimate of drug-likeness (QED) is 0.0373. The van der Waals surface area contributed by atoms with Gasteiger partial charge < -0.3 is 14.6 Å². The Morgan fingerprint density at radius 3 is 0.638 bits per heavy atom. The number of aliphatic hydroxyl groups is 1. The van der Waals surface area contributed by atoms with Crippen molar-refractivity contribution >= 4 is 11.9 Å². The summed E-state index contributed by atoms with van der Waals surface area (Å²) in [7, 11) is 0. The molecule has 94 heavy (non-hydrogen) atoms. The number of unbranched alkanes of at least 4 members (excludes halogenated alkanes) is 24. The van der Waals surface area contributed by atoms with Gasteiger partial charge in [-0.05, 0) is 154 Å². The number of allylic oxidation sites excluding steroid dienone is 36. The maximum atomic E-state index is 12.4. The molecule has 0 aromatic heterocycles. The van der Waals surface area contributed by atoms with Crippen LogP contribution in [0.1, 0.15) is 309 Å². The lowest BCUT2D eigenvalue weighted by atomic mass is 10.0. The molecule has 1 unspecified atom stereocenters. The van der Waals surface area contributed by atoms with Crippen LogP contribution in [0, 0.1) is 0 Å². The second-order valence-electron chi connectivity index (χ2n) is 24.6. The largest absolute Gasteiger partial charge is 0.462 e. The summed E-state index contributed by atoms with van der Waals surface area (Å²) in [6.45, 7) is 3.91. The summed E-state index contributed by atoms with van der Waals surface area (Å²) in [5.41, 5.74) is 0. The van der Waals surface area contributed by atoms with Crippen LogP contribution in [0.25, 0.3) is 0 Å². The molecule has 0 aliphatic heterocycles. The minimum atomic E-state index is -0.793. The molecule has 526 valence electrons. The Morgan fingerprint density at radius 1 is 0.245 bits per heavy atom. The number of hydrogen-bond donors (Lipinski definition) is 1. The highest BCUT2D eigenvalue weighted by atomic mass is 16.6. The molecular formula is C89H140O5. The van der Waals surface area contributed by atoms with Crippen LogP contribution in [0.15, 0.2) is 219 Å². The van der Waals surface area contributed by atoms with Gasteiger partial charge in [-0.15, -0.1) is 0 Å². The van der Waals surface area contributed by atoms with Crippen LogP contribution in [0.2, 0.25) is 0 Å². The molecule has 1 N–H and O–H groups in total. The molecule has 0 heterocycles. The van der Waals surface area contributed by atoms with E-state index in [-0.39, 0.29) is 25.2 Å². The fraction of sp³-hybridized carbons (Fsp3) is 0.573. The standard InChI is InChI=1S/C89H140O5/c1-3-5-7-9-11-13-15-17-19-21-23-25-27-29-31-33-35-37-39-41-43-44-46-47-49-51-53-55-57-59-61-63-65-67-69-71-73-75-77-79-81-83-88(91)93-86-87(85-90)94-89(92)84-82-80-78-76-74-72-70-68-66-64-62-60-58-56-54-52-50-48-45-42-40-38-36-34-32-30-28-26-24-22-20-18-16-14-12-10-8-6-4-2/h5-8,11-14,17-20,23-26,29-32,35-38,41-43,45-47,50,52,56,58,62,64,87,90H,3-4,9-10,15-16,21-22,27-28,33-34,39-40,44,48-49,51,53-55,57,59-61,63,65-86H2,1-2H3/b7-5-,8-6-,13-11-,14-12-,19-17-,20-18-,25-23-,26-24-,31-29-,32-30-,37-35-,38-36-,43-41-,45-42-,47-46-,52-50-,58-56-,64-62-. The second kappa shape index (κ2) is 81.5. The number of carbonyl (C=O) groups is 2. The van der Waals surface area contributed by atoms with Gasteiger partial charge in [-0.25, -0.2) is 0 Å². The molecule has 0 spiro atoms. The van der Waals surface area contributed by atoms with Crippen molar-refractivity contribution < 1.29 is 24.2 Å². The molecule has 5 heteroatoms. The van der Waals surface area contributed by atoms with E-state index in [4.69, 9.17) is 9.47 Å². The maximum absolute atomic E-state index is 12.4. The number of esters is 2. The van der Waals surface area contributed by atoms with Crippen molar-refractivity contribution in [1.29, 1.82) is 0 Å². The number of aliphatic hydroxyl groups excluding tert-OH is 1. The molecule has 0 amide bonds. The topological polar surface area (TPSA) is 72.8 Å². The molecule has 0 aliphatic carbocycles. The van der Waals surface area contributed by atoms with Gasteiger partial charge in [-0.1, -0.05) is 361 Å². The Bertz CT molecular complexity index is 2200. The summed E-state index contributed by atoms with van der Waals surface area (Å²) in [5, 5.41) is 9.72. The minimum Gasteiger partial charge on any atom is -0.462 e. The van der Waals surface area contributed by atoms with Crippen molar-refractivity contribution in [3.8, 4) is 0 Å². The highest BCUT2D eigenvalue weighted by Gasteiger charge is 2.16. The second-order valence-corrected chi connectivity index (χ2v) is 24.6. The normalized spacial score (nSPS) is 13.5. The van der Waals surface area contributed by atoms with Gasteiger partial charge in [0.1, 0.15) is 6.61 Å². The van der Waals surface area contributed by atoms with Crippen LogP contribution in [0.5, 0.6) is 0 Å². The van der Waals surface area contributed by atoms with E-state index < -0.39 is 6.10 Å². The molecule has 5 nitrogen and oxygen atoms in total. The Hall–Kier alpha value is -5.78. The fourth-order valence-corrected chi connectivity index (χ4v) is 10.1. The maximum Gasteiger partial charge on any atom is 0.306 e. The molecule has 0 bridgehead atoms. The first-order valence-electron chi connectivity index (χ1n) is 38.3. The third-order valence-electron chi connectivity index (χ3n) is 15.8. The summed E-state index contributed by atoms with van der Waals surface area (Å²) >= 11 is 0. The highest BCUT2D eigenvalue weighted by Crippen LogP contribution is 2.16. The van der Waals surface area contributed by atoms with Crippen molar-refractivity contribution in [3.05, 3.63) is 219 Å². The van der Waals surface area contributed by atoms with Crippen LogP contribution in [0.4, 0.5) is 0 Å². The molecule has 0 aromatic rings. The minimum absolute atomic E-state index is 0.0796. The first-order chi connectivity index (χ1) is 46.6. The van der Waals surface area contributed by atoms with Crippen LogP contribution in [-0.2, 0) is 19.1 Å². The molecule has 0 aliphatic rings. The van der Waals surface area contributed by atoms with Gasteiger partial charge in [0, 0.05) is 12.8 Å². The number of ether oxygens (including phenoxy) is 2. The monoisotopic (exact) mass is 1290 g/mol. The van der Waals surface area contributed by atoms with Crippen LogP contribution >= 0.6 is 0 Å². The van der Waals surface area contributed by atoms with Gasteiger partial charge in [0.05, 0.1) is 6.61 Å². The summed E-state index contributed by atoms with van der Waals surface area (Å²) in [5.74, 6) is -0.606. The molecule has 0 aromatic carbocycles. The van der Waals surface area contributed by atoms with E-state index in [1.54, 1.807) is 0 Å². The van der Waals surface area contributed by atoms with Gasteiger partial charge in [0.15, 0.2) is 6.10 Å². The molecule has 0 saturated carbocycles. The zero-order valence-electron chi connectivity index (χ0n) is 60.4. The molecule has 0 fully saturated rings. The summed E-state index contributed by atoms with van der Waals surface area (Å²) in [4.78, 5) is 24.7. The van der Waals surface area contributed by atoms with Crippen molar-refractivity contribution in [1.82, 2.24) is 0 Å². The predicted octanol–water partition coefficient (Wildman–Crippen LogP) is 27.4. The van der Waals surface area contributed by atoms with Gasteiger partial charge >= 0.3 is 11.9 Å². The third-order valence-corrected chi connectivity index (χ3v) is 15.8. The third kappa shape index (κ3) is 78.7. The summed E-state index contributed by atoms with van der Waals surface area (Å²) in [6, 6.07) is 0. The first kappa shape index (κ1) is 88.2. The van der Waals surface area contributed by atoms with Crippen molar-refractivity contribution in [2.75, 3.05) is 13.2 Å². The number of hydrogen-bond acceptors (Lipinski definition) is 5. The van der Waals surface area contributed by atoms with E-state index in [9.17, 15) is 14.7 Å². The molecule has 0 saturated heterocycles. The van der Waals surface area contributed by atoms with E-state index in [2.05, 4.69) is 233 Å². The van der Waals surface area contributed by atoms with E-state index in [0.717, 1.165) is 161 Å². The SMILES string of the molecule is CC/C=C\C/C=C\C/C=C\C/C=C\C/C=C\C/C=C\C/C=C\C/C=C\C/C=C\C/C=C\CCCCCCCCCCC(=O)OC(CO)COC(=O)CCCCCCCCCCCCCCCCCC/C=C\C/C=C\C/C=C\C/C=C\C/C=C\C/C=C\C/C=C\C/C=C\CC. The Kier molecular flexibility index (Phi) is 76.4. The van der Waals surface area contributed by atoms with Crippen LogP contribution in [-0.4, -0.2) is 36.4 Å². The molecule has 1 atom stereocenters. The lowest BCUT2D eigenvalue weighted by molar-refractivity contribution is -0.161. The van der Waals surface area contributed by atoms with E-state index in [1.165, 1.54) is 122 Å². The van der Waals surface area contributed by atoms with Crippen molar-refractivity contribution in [2.24, 2.45) is 0 Å². The van der Waals surface area contributed by atoms with E-state index >= 15 is 0 Å². The van der Waals surface area contributed by atoms with Crippen molar-refractivity contribution in [3.63, 3.8) is 0 Å². The molecule has 0 radical (unpaired) electrons. The van der Waals surface area contributed by atoms with Gasteiger partial charge in [-0.2, -0.15) is 0 Å². The summed E-state index contributed by atoms with van der Waals surface area (Å²) < 4.78 is 10.8. The zero-order valence-corrected chi connectivity index (χ0v) is 60.4. The highest BCUT2D eigenvalue weighted by molar-refractivity contribution is 5.70. The van der Waals surface area contributed by atoms with Crippen molar-refractivity contribution in [2.45, 2.75) is 315 Å². The number of carbonyl (C=O) groups excluding carboxylic acids is 2. The first-order valence-corrected chi connectivity index (χ1v) is 38.3. The fourth-order valence-electron chi connectivity index (χ4n) is 10.1.